The summed E-state index contributed by atoms with van der Waals surface area (Å²) < 4.78 is -7.44. The van der Waals surface area contributed by atoms with Crippen molar-refractivity contribution in [3.05, 3.63) is 3.74 Å². The molecule has 0 heterocycles. The first-order valence-electron chi connectivity index (χ1n) is 6.22. The smallest absolute Gasteiger partial charge is 0.0691 e. The van der Waals surface area contributed by atoms with Crippen molar-refractivity contribution < 1.29 is 0 Å². The van der Waals surface area contributed by atoms with Gasteiger partial charge >= 0.3 is 0 Å². The molecular formula is C10Br21. The Kier molecular flexibility index (Phi) is 18.0. The maximum atomic E-state index is 3.96. The van der Waals surface area contributed by atoms with E-state index >= 15 is 0 Å². The van der Waals surface area contributed by atoms with Crippen LogP contribution in [0.3, 0.4) is 0 Å². The summed E-state index contributed by atoms with van der Waals surface area (Å²) in [5.74, 6) is 0. The maximum Gasteiger partial charge on any atom is 0.148 e. The summed E-state index contributed by atoms with van der Waals surface area (Å²) >= 11 is 79.2. The van der Waals surface area contributed by atoms with Crippen LogP contribution >= 0.6 is 335 Å². The minimum Gasteiger partial charge on any atom is -0.0691 e. The predicted molar refractivity (Wildman–Crippen MR) is 215 cm³/mol. The molecule has 1 radical (unpaired) electrons. The van der Waals surface area contributed by atoms with Gasteiger partial charge in [0.05, 0.1) is 0 Å². The first-order valence-corrected chi connectivity index (χ1v) is 22.9. The van der Waals surface area contributed by atoms with E-state index in [0.717, 1.165) is 0 Å². The minimum absolute atomic E-state index is 0.670. The molecule has 0 unspecified atom stereocenters. The van der Waals surface area contributed by atoms with Gasteiger partial charge in [0.15, 0.2) is 0 Å². The zero-order valence-electron chi connectivity index (χ0n) is 12.9. The van der Waals surface area contributed by atoms with Crippen molar-refractivity contribution in [1.29, 1.82) is 0 Å². The fourth-order valence-electron chi connectivity index (χ4n) is 1.96. The second-order valence-electron chi connectivity index (χ2n) is 5.38. The zero-order valence-corrected chi connectivity index (χ0v) is 46.2. The summed E-state index contributed by atoms with van der Waals surface area (Å²) in [5, 5.41) is 0. The van der Waals surface area contributed by atoms with Crippen molar-refractivity contribution in [2.45, 2.75) is 22.6 Å². The van der Waals surface area contributed by atoms with Crippen LogP contribution in [-0.4, -0.2) is 22.6 Å². The van der Waals surface area contributed by atoms with E-state index in [4.69, 9.17) is 0 Å². The third-order valence-electron chi connectivity index (χ3n) is 3.56. The van der Waals surface area contributed by atoms with Crippen molar-refractivity contribution in [2.75, 3.05) is 0 Å². The van der Waals surface area contributed by atoms with Crippen LogP contribution in [-0.2, 0) is 0 Å². The second-order valence-corrected chi connectivity index (χ2v) is 45.5. The highest BCUT2D eigenvalue weighted by molar-refractivity contribution is 9.42. The van der Waals surface area contributed by atoms with Crippen LogP contribution in [0.25, 0.3) is 0 Å². The lowest BCUT2D eigenvalue weighted by Gasteiger charge is -2.63. The highest BCUT2D eigenvalue weighted by atomic mass is 80.0. The number of rotatable bonds is 6. The normalized spacial score (nSPS) is 16.8. The Morgan fingerprint density at radius 3 is 0.742 bits per heavy atom. The number of hydrogen-bond acceptors (Lipinski definition) is 0. The van der Waals surface area contributed by atoms with E-state index in [2.05, 4.69) is 335 Å². The van der Waals surface area contributed by atoms with E-state index in [1.807, 2.05) is 0 Å². The SMILES string of the molecule is Br[C](Br)C(Br)(Br)C(Br)(Br)C(Br)(Br)C(Br)(Br)C(Br)(Br)C(C(Br)(Br)Br)(C(Br)(Br)Br)C(Br)(Br)Br. The second kappa shape index (κ2) is 13.6. The molecule has 0 amide bonds. The lowest BCUT2D eigenvalue weighted by Crippen LogP contribution is -2.72. The lowest BCUT2D eigenvalue weighted by molar-refractivity contribution is 0.323. The molecule has 0 aliphatic carbocycles. The molecule has 31 heavy (non-hydrogen) atoms. The predicted octanol–water partition coefficient (Wildman–Crippen LogP) is 16.2. The molecule has 0 spiro atoms. The van der Waals surface area contributed by atoms with Gasteiger partial charge in [0.1, 0.15) is 31.7 Å². The zero-order chi connectivity index (χ0) is 26.1. The number of alkyl halides is 19. The Morgan fingerprint density at radius 1 is 0.323 bits per heavy atom. The van der Waals surface area contributed by atoms with Gasteiger partial charge in [0.2, 0.25) is 0 Å². The molecule has 0 fully saturated rings. The third-order valence-corrected chi connectivity index (χ3v) is 32.2. The molecule has 187 valence electrons. The number of halogens is 21. The van der Waals surface area contributed by atoms with E-state index in [9.17, 15) is 0 Å². The molecule has 0 N–H and O–H groups in total. The van der Waals surface area contributed by atoms with Crippen LogP contribution in [0.4, 0.5) is 0 Å². The van der Waals surface area contributed by atoms with Crippen LogP contribution in [0.2, 0.25) is 0 Å². The minimum atomic E-state index is -1.14. The Morgan fingerprint density at radius 2 is 0.548 bits per heavy atom. The first-order chi connectivity index (χ1) is 12.9. The summed E-state index contributed by atoms with van der Waals surface area (Å²) in [7, 11) is 0. The Balaban J connectivity index is 7.50. The summed E-state index contributed by atoms with van der Waals surface area (Å²) in [6, 6.07) is 0. The van der Waals surface area contributed by atoms with Gasteiger partial charge in [-0.15, -0.1) is 0 Å². The van der Waals surface area contributed by atoms with Crippen molar-refractivity contribution in [1.82, 2.24) is 0 Å². The molecule has 21 heteroatoms. The Labute approximate surface area is 357 Å². The third kappa shape index (κ3) is 7.49. The van der Waals surface area contributed by atoms with Gasteiger partial charge in [-0.1, -0.05) is 335 Å². The molecule has 0 saturated carbocycles. The van der Waals surface area contributed by atoms with E-state index in [0.29, 0.717) is 3.74 Å². The Bertz CT molecular complexity index is 605. The molecule has 0 rings (SSSR count). The molecule has 0 nitrogen and oxygen atoms in total. The standard InChI is InChI=1S/C10Br21/c11-1(12)2(13,14)4(15,16)6(19,20)7(21,22)5(17,18)3(8(23,24)25,9(26,27)28)10(29,30)31. The molecule has 0 bridgehead atoms. The van der Waals surface area contributed by atoms with Crippen molar-refractivity contribution in [2.24, 2.45) is 5.41 Å². The van der Waals surface area contributed by atoms with Crippen LogP contribution < -0.4 is 0 Å². The van der Waals surface area contributed by atoms with Gasteiger partial charge < -0.3 is 0 Å². The molecule has 0 aromatic rings. The molecule has 0 aromatic heterocycles. The van der Waals surface area contributed by atoms with E-state index in [1.165, 1.54) is 0 Å². The quantitative estimate of drug-likeness (QED) is 0.233. The molecular weight excluding hydrogens is 1800 g/mol. The monoisotopic (exact) mass is 1780 g/mol. The van der Waals surface area contributed by atoms with Gasteiger partial charge in [0.25, 0.3) is 0 Å². The van der Waals surface area contributed by atoms with Crippen molar-refractivity contribution in [3.63, 3.8) is 0 Å². The molecule has 0 aromatic carbocycles. The van der Waals surface area contributed by atoms with Crippen molar-refractivity contribution in [3.8, 4) is 0 Å². The molecule has 0 saturated heterocycles. The highest BCUT2D eigenvalue weighted by Crippen LogP contribution is 2.84. The average molecular weight is 1800 g/mol. The van der Waals surface area contributed by atoms with Gasteiger partial charge in [-0.2, -0.15) is 0 Å². The fraction of sp³-hybridized carbons (Fsp3) is 0.900. The number of hydrogen-bond donors (Lipinski definition) is 0. The summed E-state index contributed by atoms with van der Waals surface area (Å²) in [5.41, 5.74) is -1.09. The average Bonchev–Trinajstić information content (AvgIpc) is 2.40. The molecule has 0 atom stereocenters. The van der Waals surface area contributed by atoms with Crippen LogP contribution in [0.15, 0.2) is 0 Å². The highest BCUT2D eigenvalue weighted by Gasteiger charge is 2.83. The van der Waals surface area contributed by atoms with E-state index in [1.54, 1.807) is 0 Å². The maximum absolute atomic E-state index is 3.96. The molecule has 0 aliphatic heterocycles. The summed E-state index contributed by atoms with van der Waals surface area (Å²) in [6.07, 6.45) is 0. The van der Waals surface area contributed by atoms with Crippen molar-refractivity contribution >= 4 is 335 Å². The van der Waals surface area contributed by atoms with Gasteiger partial charge in [-0.05, 0) is 0 Å². The Hall–Kier alpha value is 10.1. The molecule has 0 aliphatic rings. The van der Waals surface area contributed by atoms with Gasteiger partial charge in [-0.25, -0.2) is 0 Å². The van der Waals surface area contributed by atoms with Gasteiger partial charge in [0, 0.05) is 0 Å². The van der Waals surface area contributed by atoms with Gasteiger partial charge in [-0.3, -0.25) is 0 Å². The van der Waals surface area contributed by atoms with Crippen LogP contribution in [0.1, 0.15) is 0 Å². The van der Waals surface area contributed by atoms with E-state index < -0.39 is 28.0 Å². The largest absolute Gasteiger partial charge is 0.148 e. The fourth-order valence-corrected chi connectivity index (χ4v) is 33.2. The summed E-state index contributed by atoms with van der Waals surface area (Å²) in [4.78, 5) is 0. The van der Waals surface area contributed by atoms with E-state index in [-0.39, 0.29) is 0 Å². The first kappa shape index (κ1) is 41.1. The summed E-state index contributed by atoms with van der Waals surface area (Å²) in [6.45, 7) is 0. The topological polar surface area (TPSA) is 0 Å². The van der Waals surface area contributed by atoms with Crippen LogP contribution in [0, 0.1) is 9.15 Å². The lowest BCUT2D eigenvalue weighted by atomic mass is 9.87. The van der Waals surface area contributed by atoms with Crippen LogP contribution in [0.5, 0.6) is 0 Å².